The molecule has 2 aromatic rings. The first kappa shape index (κ1) is 12.5. The quantitative estimate of drug-likeness (QED) is 0.875. The normalized spacial score (nSPS) is 10.1. The van der Waals surface area contributed by atoms with Crippen LogP contribution in [0.1, 0.15) is 15.9 Å². The number of aryl methyl sites for hydroxylation is 1. The van der Waals surface area contributed by atoms with Gasteiger partial charge in [0.1, 0.15) is 0 Å². The van der Waals surface area contributed by atoms with Crippen molar-refractivity contribution in [3.05, 3.63) is 58.6 Å². The Bertz CT molecular complexity index is 596. The van der Waals surface area contributed by atoms with Gasteiger partial charge in [0, 0.05) is 10.7 Å². The van der Waals surface area contributed by atoms with Crippen molar-refractivity contribution in [1.29, 1.82) is 0 Å². The van der Waals surface area contributed by atoms with Crippen LogP contribution in [0.3, 0.4) is 0 Å². The van der Waals surface area contributed by atoms with Gasteiger partial charge in [-0.2, -0.15) is 0 Å². The summed E-state index contributed by atoms with van der Waals surface area (Å²) in [6, 6.07) is 12.2. The predicted octanol–water partition coefficient (Wildman–Crippen LogP) is 4.09. The van der Waals surface area contributed by atoms with Gasteiger partial charge >= 0.3 is 5.97 Å². The lowest BCUT2D eigenvalue weighted by Gasteiger charge is -2.10. The van der Waals surface area contributed by atoms with Gasteiger partial charge in [0.15, 0.2) is 0 Å². The van der Waals surface area contributed by atoms with Gasteiger partial charge in [-0.3, -0.25) is 0 Å². The van der Waals surface area contributed by atoms with E-state index in [1.54, 1.807) is 30.3 Å². The molecule has 0 aliphatic carbocycles. The molecule has 0 aliphatic heterocycles. The molecule has 0 amide bonds. The highest BCUT2D eigenvalue weighted by atomic mass is 35.5. The smallest absolute Gasteiger partial charge is 0.337 e. The number of para-hydroxylation sites is 1. The largest absolute Gasteiger partial charge is 0.478 e. The summed E-state index contributed by atoms with van der Waals surface area (Å²) in [5.41, 5.74) is 2.55. The van der Waals surface area contributed by atoms with E-state index in [-0.39, 0.29) is 5.56 Å². The Morgan fingerprint density at radius 3 is 2.61 bits per heavy atom. The topological polar surface area (TPSA) is 49.3 Å². The second kappa shape index (κ2) is 5.10. The third-order valence-corrected chi connectivity index (χ3v) is 3.02. The first-order chi connectivity index (χ1) is 8.58. The van der Waals surface area contributed by atoms with Crippen LogP contribution in [0, 0.1) is 6.92 Å². The van der Waals surface area contributed by atoms with E-state index in [0.29, 0.717) is 10.7 Å². The molecule has 2 aromatic carbocycles. The Hall–Kier alpha value is -2.00. The number of halogens is 1. The van der Waals surface area contributed by atoms with Crippen LogP contribution in [0.25, 0.3) is 0 Å². The van der Waals surface area contributed by atoms with Gasteiger partial charge in [-0.25, -0.2) is 4.79 Å². The number of benzene rings is 2. The minimum Gasteiger partial charge on any atom is -0.478 e. The molecule has 3 nitrogen and oxygen atoms in total. The molecule has 0 heterocycles. The van der Waals surface area contributed by atoms with E-state index in [9.17, 15) is 4.79 Å². The molecule has 0 atom stereocenters. The van der Waals surface area contributed by atoms with E-state index in [2.05, 4.69) is 5.32 Å². The molecular formula is C14H12ClNO2. The summed E-state index contributed by atoms with van der Waals surface area (Å²) in [5, 5.41) is 12.9. The fourth-order valence-corrected chi connectivity index (χ4v) is 1.77. The third-order valence-electron chi connectivity index (χ3n) is 2.59. The Balaban J connectivity index is 2.34. The van der Waals surface area contributed by atoms with Crippen LogP contribution in [0.2, 0.25) is 5.02 Å². The fraction of sp³-hybridized carbons (Fsp3) is 0.0714. The van der Waals surface area contributed by atoms with Crippen LogP contribution < -0.4 is 5.32 Å². The minimum absolute atomic E-state index is 0.241. The van der Waals surface area contributed by atoms with Crippen LogP contribution >= 0.6 is 11.6 Å². The van der Waals surface area contributed by atoms with E-state index in [1.165, 1.54) is 0 Å². The SMILES string of the molecule is Cc1cc(Nc2ccccc2C(=O)O)ccc1Cl. The molecule has 0 aliphatic rings. The average molecular weight is 262 g/mol. The summed E-state index contributed by atoms with van der Waals surface area (Å²) in [4.78, 5) is 11.1. The monoisotopic (exact) mass is 261 g/mol. The summed E-state index contributed by atoms with van der Waals surface area (Å²) >= 11 is 5.94. The van der Waals surface area contributed by atoms with Crippen molar-refractivity contribution >= 4 is 28.9 Å². The van der Waals surface area contributed by atoms with Crippen molar-refractivity contribution < 1.29 is 9.90 Å². The van der Waals surface area contributed by atoms with E-state index < -0.39 is 5.97 Å². The molecule has 0 bridgehead atoms. The molecule has 0 fully saturated rings. The van der Waals surface area contributed by atoms with Crippen molar-refractivity contribution in [3.63, 3.8) is 0 Å². The third kappa shape index (κ3) is 2.63. The van der Waals surface area contributed by atoms with Crippen LogP contribution in [0.4, 0.5) is 11.4 Å². The van der Waals surface area contributed by atoms with Gasteiger partial charge in [-0.05, 0) is 42.8 Å². The number of hydrogen-bond donors (Lipinski definition) is 2. The number of carbonyl (C=O) groups is 1. The molecule has 4 heteroatoms. The first-order valence-electron chi connectivity index (χ1n) is 5.43. The molecule has 2 N–H and O–H groups in total. The molecule has 2 rings (SSSR count). The summed E-state index contributed by atoms with van der Waals surface area (Å²) in [7, 11) is 0. The molecule has 0 saturated heterocycles. The number of hydrogen-bond acceptors (Lipinski definition) is 2. The highest BCUT2D eigenvalue weighted by Crippen LogP contribution is 2.24. The zero-order chi connectivity index (χ0) is 13.1. The van der Waals surface area contributed by atoms with E-state index in [4.69, 9.17) is 16.7 Å². The number of anilines is 2. The van der Waals surface area contributed by atoms with Gasteiger partial charge in [0.2, 0.25) is 0 Å². The van der Waals surface area contributed by atoms with Crippen molar-refractivity contribution in [2.45, 2.75) is 6.92 Å². The number of aromatic carboxylic acids is 1. The fourth-order valence-electron chi connectivity index (χ4n) is 1.66. The molecule has 18 heavy (non-hydrogen) atoms. The molecule has 0 unspecified atom stereocenters. The molecule has 92 valence electrons. The van der Waals surface area contributed by atoms with Crippen molar-refractivity contribution in [3.8, 4) is 0 Å². The Kier molecular flexibility index (Phi) is 3.53. The van der Waals surface area contributed by atoms with Crippen molar-refractivity contribution in [2.24, 2.45) is 0 Å². The van der Waals surface area contributed by atoms with Gasteiger partial charge in [0.05, 0.1) is 11.3 Å². The average Bonchev–Trinajstić information content (AvgIpc) is 2.34. The Morgan fingerprint density at radius 2 is 1.94 bits per heavy atom. The molecule has 0 aromatic heterocycles. The molecular weight excluding hydrogens is 250 g/mol. The van der Waals surface area contributed by atoms with E-state index >= 15 is 0 Å². The lowest BCUT2D eigenvalue weighted by atomic mass is 10.1. The molecule has 0 saturated carbocycles. The van der Waals surface area contributed by atoms with Crippen LogP contribution in [-0.4, -0.2) is 11.1 Å². The summed E-state index contributed by atoms with van der Waals surface area (Å²) in [6.45, 7) is 1.90. The molecule has 0 radical (unpaired) electrons. The van der Waals surface area contributed by atoms with Gasteiger partial charge in [-0.15, -0.1) is 0 Å². The lowest BCUT2D eigenvalue weighted by Crippen LogP contribution is -2.02. The zero-order valence-corrected chi connectivity index (χ0v) is 10.5. The summed E-state index contributed by atoms with van der Waals surface area (Å²) in [5.74, 6) is -0.955. The maximum Gasteiger partial charge on any atom is 0.337 e. The number of rotatable bonds is 3. The second-order valence-corrected chi connectivity index (χ2v) is 4.35. The van der Waals surface area contributed by atoms with Gasteiger partial charge in [0.25, 0.3) is 0 Å². The highest BCUT2D eigenvalue weighted by molar-refractivity contribution is 6.31. The lowest BCUT2D eigenvalue weighted by molar-refractivity contribution is 0.0698. The number of carboxylic acid groups (broad SMARTS) is 1. The Morgan fingerprint density at radius 1 is 1.22 bits per heavy atom. The number of carboxylic acids is 1. The van der Waals surface area contributed by atoms with E-state index in [0.717, 1.165) is 11.3 Å². The Labute approximate surface area is 110 Å². The maximum atomic E-state index is 11.1. The summed E-state index contributed by atoms with van der Waals surface area (Å²) in [6.07, 6.45) is 0. The zero-order valence-electron chi connectivity index (χ0n) is 9.77. The van der Waals surface area contributed by atoms with Crippen molar-refractivity contribution in [1.82, 2.24) is 0 Å². The van der Waals surface area contributed by atoms with Crippen LogP contribution in [0.15, 0.2) is 42.5 Å². The number of nitrogens with one attached hydrogen (secondary N) is 1. The maximum absolute atomic E-state index is 11.1. The summed E-state index contributed by atoms with van der Waals surface area (Å²) < 4.78 is 0. The van der Waals surface area contributed by atoms with Crippen molar-refractivity contribution in [2.75, 3.05) is 5.32 Å². The van der Waals surface area contributed by atoms with E-state index in [1.807, 2.05) is 19.1 Å². The predicted molar refractivity (Wildman–Crippen MR) is 72.9 cm³/mol. The standard InChI is InChI=1S/C14H12ClNO2/c1-9-8-10(6-7-12(9)15)16-13-5-3-2-4-11(13)14(17)18/h2-8,16H,1H3,(H,17,18). The molecule has 0 spiro atoms. The van der Waals surface area contributed by atoms with Crippen LogP contribution in [-0.2, 0) is 0 Å². The highest BCUT2D eigenvalue weighted by Gasteiger charge is 2.09. The second-order valence-electron chi connectivity index (χ2n) is 3.94. The first-order valence-corrected chi connectivity index (χ1v) is 5.81. The minimum atomic E-state index is -0.955. The van der Waals surface area contributed by atoms with Gasteiger partial charge < -0.3 is 10.4 Å². The van der Waals surface area contributed by atoms with Gasteiger partial charge in [-0.1, -0.05) is 23.7 Å². The van der Waals surface area contributed by atoms with Crippen LogP contribution in [0.5, 0.6) is 0 Å².